The van der Waals surface area contributed by atoms with Crippen molar-refractivity contribution in [1.29, 1.82) is 0 Å². The number of carbonyl (C=O) groups excluding carboxylic acids is 1. The van der Waals surface area contributed by atoms with Crippen LogP contribution in [0.1, 0.15) is 25.3 Å². The van der Waals surface area contributed by atoms with Gasteiger partial charge in [-0.05, 0) is 25.8 Å². The van der Waals surface area contributed by atoms with Gasteiger partial charge in [-0.1, -0.05) is 6.07 Å². The molecule has 0 fully saturated rings. The van der Waals surface area contributed by atoms with Crippen molar-refractivity contribution in [3.05, 3.63) is 33.9 Å². The Balaban J connectivity index is 2.20. The zero-order valence-corrected chi connectivity index (χ0v) is 10.8. The lowest BCUT2D eigenvalue weighted by Gasteiger charge is -2.17. The second-order valence-electron chi connectivity index (χ2n) is 4.84. The minimum atomic E-state index is -0.394. The molecule has 19 heavy (non-hydrogen) atoms. The highest BCUT2D eigenvalue weighted by molar-refractivity contribution is 5.96. The largest absolute Gasteiger partial charge is 0.328 e. The number of fused-ring (bicyclic) bond motifs is 1. The number of nitro benzene ring substituents is 1. The van der Waals surface area contributed by atoms with Gasteiger partial charge in [0.05, 0.1) is 16.2 Å². The lowest BCUT2D eigenvalue weighted by atomic mass is 10.1. The number of nitrogens with two attached hydrogens (primary N) is 1. The first-order chi connectivity index (χ1) is 9.00. The molecule has 6 nitrogen and oxygen atoms in total. The molecule has 0 saturated heterocycles. The molecule has 102 valence electrons. The van der Waals surface area contributed by atoms with Crippen molar-refractivity contribution in [2.24, 2.45) is 5.73 Å². The number of hydrogen-bond donors (Lipinski definition) is 1. The van der Waals surface area contributed by atoms with E-state index in [0.717, 1.165) is 0 Å². The minimum absolute atomic E-state index is 0.0171. The normalized spacial score (nSPS) is 15.2. The van der Waals surface area contributed by atoms with Gasteiger partial charge in [0.1, 0.15) is 0 Å². The number of nitro groups is 1. The zero-order chi connectivity index (χ0) is 14.0. The Morgan fingerprint density at radius 3 is 2.95 bits per heavy atom. The molecule has 1 aliphatic rings. The molecule has 2 N–H and O–H groups in total. The van der Waals surface area contributed by atoms with E-state index in [0.29, 0.717) is 37.1 Å². The molecule has 0 bridgehead atoms. The van der Waals surface area contributed by atoms with Gasteiger partial charge in [0.15, 0.2) is 0 Å². The average molecular weight is 263 g/mol. The van der Waals surface area contributed by atoms with Crippen molar-refractivity contribution in [2.45, 2.75) is 32.2 Å². The zero-order valence-electron chi connectivity index (χ0n) is 10.8. The van der Waals surface area contributed by atoms with Crippen LogP contribution in [-0.4, -0.2) is 23.4 Å². The number of nitrogens with zero attached hydrogens (tertiary/aromatic N) is 2. The molecule has 0 saturated carbocycles. The van der Waals surface area contributed by atoms with E-state index in [9.17, 15) is 14.9 Å². The summed E-state index contributed by atoms with van der Waals surface area (Å²) in [5.41, 5.74) is 7.06. The first-order valence-electron chi connectivity index (χ1n) is 6.33. The van der Waals surface area contributed by atoms with E-state index >= 15 is 0 Å². The van der Waals surface area contributed by atoms with Crippen LogP contribution in [0.15, 0.2) is 18.2 Å². The van der Waals surface area contributed by atoms with Gasteiger partial charge in [-0.3, -0.25) is 14.9 Å². The molecule has 1 heterocycles. The molecule has 0 aliphatic carbocycles. The second kappa shape index (κ2) is 5.36. The van der Waals surface area contributed by atoms with E-state index in [-0.39, 0.29) is 17.6 Å². The number of anilines is 1. The van der Waals surface area contributed by atoms with Crippen LogP contribution < -0.4 is 10.6 Å². The molecular weight excluding hydrogens is 246 g/mol. The fourth-order valence-electron chi connectivity index (χ4n) is 2.33. The summed E-state index contributed by atoms with van der Waals surface area (Å²) < 4.78 is 0. The Bertz CT molecular complexity index is 514. The molecule has 1 aromatic rings. The summed E-state index contributed by atoms with van der Waals surface area (Å²) in [6.45, 7) is 2.37. The second-order valence-corrected chi connectivity index (χ2v) is 4.84. The van der Waals surface area contributed by atoms with Crippen LogP contribution in [-0.2, 0) is 11.2 Å². The summed E-state index contributed by atoms with van der Waals surface area (Å²) in [4.78, 5) is 24.3. The fourth-order valence-corrected chi connectivity index (χ4v) is 2.33. The number of hydrogen-bond acceptors (Lipinski definition) is 4. The van der Waals surface area contributed by atoms with E-state index in [4.69, 9.17) is 5.73 Å². The van der Waals surface area contributed by atoms with Gasteiger partial charge in [0, 0.05) is 25.1 Å². The molecule has 1 aliphatic heterocycles. The van der Waals surface area contributed by atoms with Crippen molar-refractivity contribution in [3.8, 4) is 0 Å². The number of carbonyl (C=O) groups is 1. The van der Waals surface area contributed by atoms with Crippen LogP contribution in [0.2, 0.25) is 0 Å². The summed E-state index contributed by atoms with van der Waals surface area (Å²) in [5, 5.41) is 10.9. The third-order valence-electron chi connectivity index (χ3n) is 3.31. The van der Waals surface area contributed by atoms with Crippen LogP contribution in [0.3, 0.4) is 0 Å². The van der Waals surface area contributed by atoms with E-state index in [1.165, 1.54) is 6.07 Å². The topological polar surface area (TPSA) is 89.5 Å². The maximum Gasteiger partial charge on any atom is 0.274 e. The molecule has 0 aromatic heterocycles. The summed E-state index contributed by atoms with van der Waals surface area (Å²) in [5.74, 6) is -0.0171. The quantitative estimate of drug-likeness (QED) is 0.660. The Morgan fingerprint density at radius 2 is 2.32 bits per heavy atom. The van der Waals surface area contributed by atoms with E-state index in [1.54, 1.807) is 17.0 Å². The maximum atomic E-state index is 12.1. The maximum absolute atomic E-state index is 12.1. The molecule has 0 radical (unpaired) electrons. The Morgan fingerprint density at radius 1 is 1.58 bits per heavy atom. The van der Waals surface area contributed by atoms with Crippen LogP contribution in [0, 0.1) is 10.1 Å². The molecule has 0 spiro atoms. The summed E-state index contributed by atoms with van der Waals surface area (Å²) in [7, 11) is 0. The van der Waals surface area contributed by atoms with E-state index in [1.807, 2.05) is 6.92 Å². The number of rotatable bonds is 4. The van der Waals surface area contributed by atoms with Gasteiger partial charge < -0.3 is 10.6 Å². The molecule has 1 atom stereocenters. The predicted molar refractivity (Wildman–Crippen MR) is 72.0 cm³/mol. The molecule has 1 amide bonds. The van der Waals surface area contributed by atoms with Gasteiger partial charge in [0.25, 0.3) is 5.69 Å². The first-order valence-corrected chi connectivity index (χ1v) is 6.33. The average Bonchev–Trinajstić information content (AvgIpc) is 2.79. The SMILES string of the molecule is CC(N)CCC(=O)N1CCc2c1cccc2[N+](=O)[O-]. The van der Waals surface area contributed by atoms with Crippen molar-refractivity contribution >= 4 is 17.3 Å². The van der Waals surface area contributed by atoms with Gasteiger partial charge in [-0.15, -0.1) is 0 Å². The Hall–Kier alpha value is -1.95. The third-order valence-corrected chi connectivity index (χ3v) is 3.31. The monoisotopic (exact) mass is 263 g/mol. The summed E-state index contributed by atoms with van der Waals surface area (Å²) >= 11 is 0. The smallest absolute Gasteiger partial charge is 0.274 e. The van der Waals surface area contributed by atoms with Crippen molar-refractivity contribution in [1.82, 2.24) is 0 Å². The van der Waals surface area contributed by atoms with E-state index < -0.39 is 4.92 Å². The molecule has 2 rings (SSSR count). The molecule has 1 aromatic carbocycles. The van der Waals surface area contributed by atoms with Crippen molar-refractivity contribution in [2.75, 3.05) is 11.4 Å². The lowest BCUT2D eigenvalue weighted by Crippen LogP contribution is -2.30. The summed E-state index contributed by atoms with van der Waals surface area (Å²) in [6, 6.07) is 4.85. The summed E-state index contributed by atoms with van der Waals surface area (Å²) in [6.07, 6.45) is 1.54. The van der Waals surface area contributed by atoms with Gasteiger partial charge >= 0.3 is 0 Å². The van der Waals surface area contributed by atoms with Crippen molar-refractivity contribution in [3.63, 3.8) is 0 Å². The van der Waals surface area contributed by atoms with E-state index in [2.05, 4.69) is 0 Å². The number of amides is 1. The van der Waals surface area contributed by atoms with Gasteiger partial charge in [0.2, 0.25) is 5.91 Å². The number of benzene rings is 1. The van der Waals surface area contributed by atoms with Crippen molar-refractivity contribution < 1.29 is 9.72 Å². The van der Waals surface area contributed by atoms with Crippen LogP contribution in [0.5, 0.6) is 0 Å². The fraction of sp³-hybridized carbons (Fsp3) is 0.462. The molecular formula is C13H17N3O3. The minimum Gasteiger partial charge on any atom is -0.328 e. The standard InChI is InChI=1S/C13H17N3O3/c1-9(14)5-6-13(17)15-8-7-10-11(15)3-2-4-12(10)16(18)19/h2-4,9H,5-8,14H2,1H3. The highest BCUT2D eigenvalue weighted by Crippen LogP contribution is 2.35. The molecule has 1 unspecified atom stereocenters. The van der Waals surface area contributed by atoms with Crippen LogP contribution >= 0.6 is 0 Å². The predicted octanol–water partition coefficient (Wildman–Crippen LogP) is 1.61. The van der Waals surface area contributed by atoms with Crippen LogP contribution in [0.4, 0.5) is 11.4 Å². The van der Waals surface area contributed by atoms with Crippen LogP contribution in [0.25, 0.3) is 0 Å². The lowest BCUT2D eigenvalue weighted by molar-refractivity contribution is -0.385. The third kappa shape index (κ3) is 2.73. The molecule has 6 heteroatoms. The highest BCUT2D eigenvalue weighted by Gasteiger charge is 2.29. The Labute approximate surface area is 111 Å². The van der Waals surface area contributed by atoms with Gasteiger partial charge in [-0.2, -0.15) is 0 Å². The Kier molecular flexibility index (Phi) is 3.80. The van der Waals surface area contributed by atoms with Gasteiger partial charge in [-0.25, -0.2) is 0 Å². The highest BCUT2D eigenvalue weighted by atomic mass is 16.6. The first kappa shape index (κ1) is 13.5.